The molecule has 7 nitrogen and oxygen atoms in total. The number of rotatable bonds is 5. The number of imide groups is 1. The molecule has 9 heteroatoms. The zero-order valence-corrected chi connectivity index (χ0v) is 15.8. The van der Waals surface area contributed by atoms with Crippen molar-refractivity contribution >= 4 is 51.2 Å². The molecular weight excluding hydrogens is 424 g/mol. The predicted molar refractivity (Wildman–Crippen MR) is 100 cm³/mol. The molecule has 4 amide bonds. The molecule has 2 heterocycles. The molecule has 26 heavy (non-hydrogen) atoms. The van der Waals surface area contributed by atoms with Crippen LogP contribution in [0.1, 0.15) is 27.1 Å². The summed E-state index contributed by atoms with van der Waals surface area (Å²) in [5.41, 5.74) is 0.793. The quantitative estimate of drug-likeness (QED) is 0.554. The molecule has 3 rings (SSSR count). The summed E-state index contributed by atoms with van der Waals surface area (Å²) in [5.74, 6) is -0.258. The van der Waals surface area contributed by atoms with E-state index in [1.54, 1.807) is 30.3 Å². The highest BCUT2D eigenvalue weighted by Gasteiger charge is 2.34. The van der Waals surface area contributed by atoms with E-state index in [9.17, 15) is 14.4 Å². The largest absolute Gasteiger partial charge is 0.338 e. The van der Waals surface area contributed by atoms with Crippen molar-refractivity contribution in [3.63, 3.8) is 0 Å². The maximum atomic E-state index is 12.3. The molecule has 1 aliphatic heterocycles. The first-order valence-electron chi connectivity index (χ1n) is 7.78. The lowest BCUT2D eigenvalue weighted by atomic mass is 10.1. The third-order valence-electron chi connectivity index (χ3n) is 3.75. The van der Waals surface area contributed by atoms with Gasteiger partial charge in [0.15, 0.2) is 0 Å². The molecule has 0 fully saturated rings. The summed E-state index contributed by atoms with van der Waals surface area (Å²) >= 11 is 9.02. The lowest BCUT2D eigenvalue weighted by Crippen LogP contribution is -2.35. The van der Waals surface area contributed by atoms with E-state index in [-0.39, 0.29) is 18.4 Å². The van der Waals surface area contributed by atoms with Crippen LogP contribution in [0.25, 0.3) is 0 Å². The van der Waals surface area contributed by atoms with Crippen molar-refractivity contribution in [2.24, 2.45) is 0 Å². The van der Waals surface area contributed by atoms with Crippen LogP contribution in [-0.2, 0) is 0 Å². The number of hydrogen-bond acceptors (Lipinski definition) is 4. The summed E-state index contributed by atoms with van der Waals surface area (Å²) in [6.07, 6.45) is 1.87. The Balaban J connectivity index is 1.47. The van der Waals surface area contributed by atoms with Crippen LogP contribution >= 0.6 is 27.5 Å². The van der Waals surface area contributed by atoms with Crippen LogP contribution < -0.4 is 10.6 Å². The molecule has 0 bridgehead atoms. The number of pyridine rings is 1. The molecule has 2 aromatic rings. The second-order valence-electron chi connectivity index (χ2n) is 5.55. The number of nitrogens with one attached hydrogen (secondary N) is 2. The first-order chi connectivity index (χ1) is 12.5. The van der Waals surface area contributed by atoms with Crippen molar-refractivity contribution in [2.75, 3.05) is 18.4 Å². The first kappa shape index (κ1) is 18.3. The lowest BCUT2D eigenvalue weighted by Gasteiger charge is -2.14. The second kappa shape index (κ2) is 7.84. The van der Waals surface area contributed by atoms with Crippen LogP contribution in [-0.4, -0.2) is 40.8 Å². The standard InChI is InChI=1S/C17H14BrClN4O3/c18-10-2-4-12-13(8-10)16(25)23(15(12)24)7-1-6-20-17(26)22-14-5-3-11(19)9-21-14/h2-5,8-9H,1,6-7H2,(H2,20,21,22,26). The zero-order valence-electron chi connectivity index (χ0n) is 13.5. The van der Waals surface area contributed by atoms with Gasteiger partial charge in [0.25, 0.3) is 11.8 Å². The molecule has 0 radical (unpaired) electrons. The van der Waals surface area contributed by atoms with Crippen molar-refractivity contribution in [2.45, 2.75) is 6.42 Å². The number of amides is 4. The van der Waals surface area contributed by atoms with Crippen LogP contribution in [0.3, 0.4) is 0 Å². The van der Waals surface area contributed by atoms with Gasteiger partial charge in [0.05, 0.1) is 16.1 Å². The summed E-state index contributed by atoms with van der Waals surface area (Å²) in [4.78, 5) is 41.5. The van der Waals surface area contributed by atoms with Gasteiger partial charge >= 0.3 is 6.03 Å². The number of carbonyl (C=O) groups excluding carboxylic acids is 3. The summed E-state index contributed by atoms with van der Waals surface area (Å²) < 4.78 is 0.744. The molecular formula is C17H14BrClN4O3. The monoisotopic (exact) mass is 436 g/mol. The smallest absolute Gasteiger partial charge is 0.320 e. The lowest BCUT2D eigenvalue weighted by molar-refractivity contribution is 0.0653. The van der Waals surface area contributed by atoms with Crippen LogP contribution in [0.15, 0.2) is 41.0 Å². The number of fused-ring (bicyclic) bond motifs is 1. The molecule has 134 valence electrons. The number of anilines is 1. The predicted octanol–water partition coefficient (Wildman–Crippen LogP) is 3.31. The number of benzene rings is 1. The van der Waals surface area contributed by atoms with Crippen molar-refractivity contribution in [3.8, 4) is 0 Å². The minimum atomic E-state index is -0.425. The maximum Gasteiger partial charge on any atom is 0.320 e. The fourth-order valence-corrected chi connectivity index (χ4v) is 2.99. The van der Waals surface area contributed by atoms with Gasteiger partial charge in [0.2, 0.25) is 0 Å². The molecule has 1 aromatic heterocycles. The van der Waals surface area contributed by atoms with E-state index in [2.05, 4.69) is 31.5 Å². The molecule has 0 spiro atoms. The van der Waals surface area contributed by atoms with Crippen LogP contribution in [0.5, 0.6) is 0 Å². The van der Waals surface area contributed by atoms with Gasteiger partial charge < -0.3 is 5.32 Å². The van der Waals surface area contributed by atoms with Gasteiger partial charge in [0.1, 0.15) is 5.82 Å². The number of urea groups is 1. The van der Waals surface area contributed by atoms with E-state index < -0.39 is 6.03 Å². The highest BCUT2D eigenvalue weighted by molar-refractivity contribution is 9.10. The Bertz CT molecular complexity index is 873. The number of halogens is 2. The Hall–Kier alpha value is -2.45. The average Bonchev–Trinajstić information content (AvgIpc) is 2.84. The Morgan fingerprint density at radius 2 is 1.92 bits per heavy atom. The van der Waals surface area contributed by atoms with E-state index in [0.717, 1.165) is 4.47 Å². The van der Waals surface area contributed by atoms with Gasteiger partial charge in [-0.05, 0) is 36.8 Å². The number of aromatic nitrogens is 1. The number of nitrogens with zero attached hydrogens (tertiary/aromatic N) is 2. The van der Waals surface area contributed by atoms with Gasteiger partial charge in [-0.15, -0.1) is 0 Å². The van der Waals surface area contributed by atoms with Crippen molar-refractivity contribution in [1.82, 2.24) is 15.2 Å². The molecule has 1 aliphatic rings. The van der Waals surface area contributed by atoms with E-state index in [1.807, 2.05) is 0 Å². The van der Waals surface area contributed by atoms with E-state index in [1.165, 1.54) is 11.1 Å². The van der Waals surface area contributed by atoms with Gasteiger partial charge in [-0.2, -0.15) is 0 Å². The SMILES string of the molecule is O=C(NCCCN1C(=O)c2ccc(Br)cc2C1=O)Nc1ccc(Cl)cn1. The molecule has 0 atom stereocenters. The van der Waals surface area contributed by atoms with Gasteiger partial charge in [-0.3, -0.25) is 19.8 Å². The molecule has 2 N–H and O–H groups in total. The van der Waals surface area contributed by atoms with Crippen molar-refractivity contribution in [3.05, 3.63) is 57.2 Å². The Morgan fingerprint density at radius 3 is 2.65 bits per heavy atom. The normalized spacial score (nSPS) is 12.9. The van der Waals surface area contributed by atoms with Crippen molar-refractivity contribution < 1.29 is 14.4 Å². The Kier molecular flexibility index (Phi) is 5.53. The number of hydrogen-bond donors (Lipinski definition) is 2. The summed E-state index contributed by atoms with van der Waals surface area (Å²) in [7, 11) is 0. The summed E-state index contributed by atoms with van der Waals surface area (Å²) in [6, 6.07) is 7.77. The van der Waals surface area contributed by atoms with Crippen LogP contribution in [0.2, 0.25) is 5.02 Å². The highest BCUT2D eigenvalue weighted by atomic mass is 79.9. The first-order valence-corrected chi connectivity index (χ1v) is 8.95. The minimum absolute atomic E-state index is 0.226. The Morgan fingerprint density at radius 1 is 1.15 bits per heavy atom. The average molecular weight is 438 g/mol. The van der Waals surface area contributed by atoms with Gasteiger partial charge in [0, 0.05) is 23.8 Å². The zero-order chi connectivity index (χ0) is 18.7. The summed E-state index contributed by atoms with van der Waals surface area (Å²) in [6.45, 7) is 0.528. The molecule has 0 saturated carbocycles. The number of carbonyl (C=O) groups is 3. The molecule has 1 aromatic carbocycles. The van der Waals surface area contributed by atoms with Gasteiger partial charge in [-0.1, -0.05) is 27.5 Å². The molecule has 0 saturated heterocycles. The van der Waals surface area contributed by atoms with Crippen LogP contribution in [0, 0.1) is 0 Å². The third kappa shape index (κ3) is 4.03. The minimum Gasteiger partial charge on any atom is -0.338 e. The molecule has 0 aliphatic carbocycles. The topological polar surface area (TPSA) is 91.4 Å². The highest BCUT2D eigenvalue weighted by Crippen LogP contribution is 2.25. The maximum absolute atomic E-state index is 12.3. The van der Waals surface area contributed by atoms with Crippen LogP contribution in [0.4, 0.5) is 10.6 Å². The van der Waals surface area contributed by atoms with Gasteiger partial charge in [-0.25, -0.2) is 9.78 Å². The molecule has 0 unspecified atom stereocenters. The second-order valence-corrected chi connectivity index (χ2v) is 6.90. The fourth-order valence-electron chi connectivity index (χ4n) is 2.52. The summed E-state index contributed by atoms with van der Waals surface area (Å²) in [5, 5.41) is 5.69. The Labute approximate surface area is 162 Å². The fraction of sp³-hybridized carbons (Fsp3) is 0.176. The van der Waals surface area contributed by atoms with E-state index in [0.29, 0.717) is 34.9 Å². The van der Waals surface area contributed by atoms with Crippen molar-refractivity contribution in [1.29, 1.82) is 0 Å². The van der Waals surface area contributed by atoms with E-state index in [4.69, 9.17) is 11.6 Å². The third-order valence-corrected chi connectivity index (χ3v) is 4.46. The van der Waals surface area contributed by atoms with E-state index >= 15 is 0 Å².